The quantitative estimate of drug-likeness (QED) is 0.327. The summed E-state index contributed by atoms with van der Waals surface area (Å²) in [6.45, 7) is 3.34. The van der Waals surface area contributed by atoms with Gasteiger partial charge in [-0.2, -0.15) is 19.3 Å². The van der Waals surface area contributed by atoms with Crippen LogP contribution in [0, 0.1) is 11.2 Å². The van der Waals surface area contributed by atoms with Gasteiger partial charge in [0.05, 0.1) is 30.3 Å². The summed E-state index contributed by atoms with van der Waals surface area (Å²) in [5.74, 6) is -0.310. The summed E-state index contributed by atoms with van der Waals surface area (Å²) >= 11 is 1.39. The minimum Gasteiger partial charge on any atom is -0.469 e. The number of rotatable bonds is 8. The van der Waals surface area contributed by atoms with Crippen molar-refractivity contribution in [2.24, 2.45) is 5.41 Å². The summed E-state index contributed by atoms with van der Waals surface area (Å²) in [6, 6.07) is 6.20. The molecule has 0 saturated carbocycles. The van der Waals surface area contributed by atoms with Crippen molar-refractivity contribution in [2.75, 3.05) is 19.7 Å². The first kappa shape index (κ1) is 24.9. The molecule has 0 radical (unpaired) electrons. The van der Waals surface area contributed by atoms with Crippen molar-refractivity contribution >= 4 is 27.4 Å². The van der Waals surface area contributed by atoms with Crippen LogP contribution in [0.5, 0.6) is 5.19 Å². The van der Waals surface area contributed by atoms with Gasteiger partial charge >= 0.3 is 0 Å². The number of sulfonamides is 1. The second-order valence-electron chi connectivity index (χ2n) is 9.52. The van der Waals surface area contributed by atoms with Crippen molar-refractivity contribution in [2.45, 2.75) is 37.8 Å². The monoisotopic (exact) mass is 555 g/mol. The average molecular weight is 556 g/mol. The fourth-order valence-electron chi connectivity index (χ4n) is 5.14. The molecule has 1 fully saturated rings. The fraction of sp³-hybridized carbons (Fsp3) is 0.360. The molecule has 6 rings (SSSR count). The minimum absolute atomic E-state index is 0.0463. The molecule has 0 unspecified atom stereocenters. The van der Waals surface area contributed by atoms with Crippen LogP contribution in [0.15, 0.2) is 58.8 Å². The maximum absolute atomic E-state index is 13.6. The molecule has 198 valence electrons. The molecule has 4 aromatic rings. The summed E-state index contributed by atoms with van der Waals surface area (Å²) < 4.78 is 50.1. The van der Waals surface area contributed by atoms with Crippen LogP contribution >= 0.6 is 11.3 Å². The van der Waals surface area contributed by atoms with Crippen molar-refractivity contribution < 1.29 is 17.5 Å². The zero-order valence-corrected chi connectivity index (χ0v) is 22.3. The van der Waals surface area contributed by atoms with Crippen LogP contribution in [0.25, 0.3) is 11.8 Å². The smallest absolute Gasteiger partial charge is 0.273 e. The van der Waals surface area contributed by atoms with Crippen LogP contribution in [0.2, 0.25) is 0 Å². The maximum Gasteiger partial charge on any atom is 0.273 e. The van der Waals surface area contributed by atoms with Crippen LogP contribution in [0.4, 0.5) is 4.39 Å². The molecule has 13 heteroatoms. The Bertz CT molecular complexity index is 1580. The number of halogens is 1. The van der Waals surface area contributed by atoms with E-state index in [0.29, 0.717) is 31.1 Å². The lowest BCUT2D eigenvalue weighted by molar-refractivity contribution is 0.124. The number of hydrogen-bond donors (Lipinski definition) is 0. The predicted molar refractivity (Wildman–Crippen MR) is 139 cm³/mol. The lowest BCUT2D eigenvalue weighted by Crippen LogP contribution is -2.52. The Balaban J connectivity index is 1.35. The highest BCUT2D eigenvalue weighted by molar-refractivity contribution is 7.89. The van der Waals surface area contributed by atoms with Crippen LogP contribution in [-0.4, -0.2) is 62.2 Å². The van der Waals surface area contributed by atoms with Crippen LogP contribution in [0.3, 0.4) is 0 Å². The Hall–Kier alpha value is -3.42. The standard InChI is InChI=1S/C25H26FN7O3S2/c1-2-9-32-28-15-23(30-32)38(34,35)31-10-7-19-12-22-18(14-29-33(22)21-5-3-20(26)4-6-21)13-25(19,16-31)17-36-24-27-8-11-37-24/h3-6,8,11-12,14-15H,2,7,9-10,13,16-17H2,1H3/t25-/m1/s1. The molecule has 0 spiro atoms. The summed E-state index contributed by atoms with van der Waals surface area (Å²) in [5.41, 5.74) is 3.11. The third-order valence-corrected chi connectivity index (χ3v) is 9.40. The Morgan fingerprint density at radius 1 is 1.18 bits per heavy atom. The van der Waals surface area contributed by atoms with E-state index in [9.17, 15) is 12.8 Å². The van der Waals surface area contributed by atoms with Gasteiger partial charge in [-0.1, -0.05) is 23.8 Å². The van der Waals surface area contributed by atoms with Crippen LogP contribution < -0.4 is 4.74 Å². The molecule has 2 aliphatic rings. The van der Waals surface area contributed by atoms with E-state index in [1.54, 1.807) is 29.2 Å². The van der Waals surface area contributed by atoms with Gasteiger partial charge in [-0.25, -0.2) is 22.5 Å². The van der Waals surface area contributed by atoms with E-state index >= 15 is 0 Å². The molecule has 38 heavy (non-hydrogen) atoms. The van der Waals surface area contributed by atoms with Gasteiger partial charge < -0.3 is 4.74 Å². The van der Waals surface area contributed by atoms with Gasteiger partial charge in [0.2, 0.25) is 5.03 Å². The fourth-order valence-corrected chi connectivity index (χ4v) is 7.02. The Morgan fingerprint density at radius 2 is 2.03 bits per heavy atom. The van der Waals surface area contributed by atoms with Gasteiger partial charge in [-0.3, -0.25) is 0 Å². The van der Waals surface area contributed by atoms with E-state index in [4.69, 9.17) is 4.74 Å². The second kappa shape index (κ2) is 9.71. The maximum atomic E-state index is 13.6. The second-order valence-corrected chi connectivity index (χ2v) is 12.3. The lowest BCUT2D eigenvalue weighted by Gasteiger charge is -2.45. The largest absolute Gasteiger partial charge is 0.469 e. The SMILES string of the molecule is CCCn1ncc(S(=O)(=O)N2CCC3=Cc4c(cnn4-c4ccc(F)cc4)C[C@]3(COc3nccs3)C2)n1. The number of piperidine rings is 1. The molecule has 10 nitrogen and oxygen atoms in total. The topological polar surface area (TPSA) is 108 Å². The van der Waals surface area contributed by atoms with E-state index in [-0.39, 0.29) is 24.0 Å². The van der Waals surface area contributed by atoms with Gasteiger partial charge in [-0.15, -0.1) is 5.10 Å². The number of hydrogen-bond acceptors (Lipinski definition) is 8. The van der Waals surface area contributed by atoms with Crippen LogP contribution in [-0.2, 0) is 23.0 Å². The number of ether oxygens (including phenoxy) is 1. The highest BCUT2D eigenvalue weighted by Gasteiger charge is 2.47. The first-order valence-electron chi connectivity index (χ1n) is 12.3. The molecular formula is C25H26FN7O3S2. The molecular weight excluding hydrogens is 529 g/mol. The zero-order chi connectivity index (χ0) is 26.3. The van der Waals surface area contributed by atoms with Gasteiger partial charge in [0.25, 0.3) is 15.2 Å². The molecule has 1 atom stereocenters. The van der Waals surface area contributed by atoms with Crippen molar-refractivity contribution in [3.63, 3.8) is 0 Å². The average Bonchev–Trinajstić information content (AvgIpc) is 3.68. The molecule has 0 amide bonds. The van der Waals surface area contributed by atoms with Crippen molar-refractivity contribution in [3.8, 4) is 10.9 Å². The Labute approximate surface area is 223 Å². The van der Waals surface area contributed by atoms with Gasteiger partial charge in [-0.05, 0) is 55.2 Å². The molecule has 1 aliphatic carbocycles. The number of aryl methyl sites for hydroxylation is 1. The Morgan fingerprint density at radius 3 is 2.79 bits per heavy atom. The summed E-state index contributed by atoms with van der Waals surface area (Å²) in [6.07, 6.45) is 8.74. The normalized spacial score (nSPS) is 19.6. The number of aromatic nitrogens is 6. The van der Waals surface area contributed by atoms with Gasteiger partial charge in [0, 0.05) is 30.1 Å². The predicted octanol–water partition coefficient (Wildman–Crippen LogP) is 3.57. The molecule has 1 aliphatic heterocycles. The van der Waals surface area contributed by atoms with Crippen molar-refractivity contribution in [3.05, 3.63) is 70.9 Å². The van der Waals surface area contributed by atoms with E-state index in [2.05, 4.69) is 26.4 Å². The molecule has 4 heterocycles. The highest BCUT2D eigenvalue weighted by Crippen LogP contribution is 2.45. The van der Waals surface area contributed by atoms with E-state index in [1.165, 1.54) is 38.8 Å². The number of fused-ring (bicyclic) bond motifs is 2. The highest BCUT2D eigenvalue weighted by atomic mass is 32.2. The molecule has 0 N–H and O–H groups in total. The zero-order valence-electron chi connectivity index (χ0n) is 20.7. The third-order valence-electron chi connectivity index (χ3n) is 7.01. The summed E-state index contributed by atoms with van der Waals surface area (Å²) in [5, 5.41) is 15.3. The molecule has 3 aromatic heterocycles. The number of nitrogens with zero attached hydrogens (tertiary/aromatic N) is 7. The van der Waals surface area contributed by atoms with Gasteiger partial charge in [0.15, 0.2) is 0 Å². The first-order valence-corrected chi connectivity index (χ1v) is 14.7. The van der Waals surface area contributed by atoms with Crippen LogP contribution in [0.1, 0.15) is 31.0 Å². The number of benzene rings is 1. The summed E-state index contributed by atoms with van der Waals surface area (Å²) in [7, 11) is -3.85. The van der Waals surface area contributed by atoms with E-state index < -0.39 is 15.4 Å². The lowest BCUT2D eigenvalue weighted by atomic mass is 9.69. The van der Waals surface area contributed by atoms with E-state index in [0.717, 1.165) is 28.9 Å². The first-order chi connectivity index (χ1) is 18.4. The molecule has 1 aromatic carbocycles. The summed E-state index contributed by atoms with van der Waals surface area (Å²) in [4.78, 5) is 5.66. The molecule has 0 bridgehead atoms. The Kier molecular flexibility index (Phi) is 6.36. The van der Waals surface area contributed by atoms with Crippen molar-refractivity contribution in [1.29, 1.82) is 0 Å². The minimum atomic E-state index is -3.85. The van der Waals surface area contributed by atoms with Gasteiger partial charge in [0.1, 0.15) is 12.4 Å². The van der Waals surface area contributed by atoms with Crippen molar-refractivity contribution in [1.82, 2.24) is 34.1 Å². The van der Waals surface area contributed by atoms with E-state index in [1.807, 2.05) is 12.3 Å². The molecule has 1 saturated heterocycles. The number of thiazole rings is 1. The third kappa shape index (κ3) is 4.44.